The van der Waals surface area contributed by atoms with Gasteiger partial charge < -0.3 is 19.5 Å². The average Bonchev–Trinajstić information content (AvgIpc) is 3.27. The molecule has 1 N–H and O–H groups in total. The number of benzene rings is 2. The summed E-state index contributed by atoms with van der Waals surface area (Å²) in [5.41, 5.74) is 1.15. The Bertz CT molecular complexity index is 757. The van der Waals surface area contributed by atoms with Crippen molar-refractivity contribution in [1.29, 1.82) is 0 Å². The second kappa shape index (κ2) is 9.99. The Kier molecular flexibility index (Phi) is 7.14. The SMILES string of the molecule is COc1ccc(OCC(=O)NCC(c2cccc(OC)c2)N2CCCC2)cc1. The number of hydrogen-bond acceptors (Lipinski definition) is 5. The van der Waals surface area contributed by atoms with Crippen LogP contribution in [0.15, 0.2) is 48.5 Å². The smallest absolute Gasteiger partial charge is 0.258 e. The fraction of sp³-hybridized carbons (Fsp3) is 0.409. The molecule has 2 aromatic rings. The van der Waals surface area contributed by atoms with E-state index in [-0.39, 0.29) is 18.6 Å². The molecule has 0 aliphatic carbocycles. The molecule has 0 spiro atoms. The maximum absolute atomic E-state index is 12.3. The van der Waals surface area contributed by atoms with Gasteiger partial charge >= 0.3 is 0 Å². The van der Waals surface area contributed by atoms with Crippen molar-refractivity contribution in [1.82, 2.24) is 10.2 Å². The van der Waals surface area contributed by atoms with Crippen LogP contribution in [0.25, 0.3) is 0 Å². The molecule has 1 aliphatic rings. The van der Waals surface area contributed by atoms with Gasteiger partial charge in [0.15, 0.2) is 6.61 Å². The van der Waals surface area contributed by atoms with Crippen LogP contribution < -0.4 is 19.5 Å². The first kappa shape index (κ1) is 20.0. The molecule has 6 nitrogen and oxygen atoms in total. The van der Waals surface area contributed by atoms with E-state index in [4.69, 9.17) is 14.2 Å². The first-order valence-electron chi connectivity index (χ1n) is 9.61. The maximum atomic E-state index is 12.3. The van der Waals surface area contributed by atoms with Gasteiger partial charge in [-0.05, 0) is 67.9 Å². The Morgan fingerprint density at radius 1 is 1.00 bits per heavy atom. The molecule has 1 atom stereocenters. The topological polar surface area (TPSA) is 60.0 Å². The highest BCUT2D eigenvalue weighted by molar-refractivity contribution is 5.77. The molecular weight excluding hydrogens is 356 g/mol. The van der Waals surface area contributed by atoms with Gasteiger partial charge in [0.25, 0.3) is 5.91 Å². The van der Waals surface area contributed by atoms with Crippen LogP contribution in [0, 0.1) is 0 Å². The largest absolute Gasteiger partial charge is 0.497 e. The van der Waals surface area contributed by atoms with Crippen LogP contribution in [0.5, 0.6) is 17.2 Å². The Morgan fingerprint density at radius 2 is 1.68 bits per heavy atom. The Labute approximate surface area is 166 Å². The minimum absolute atomic E-state index is 0.0167. The van der Waals surface area contributed by atoms with Crippen LogP contribution in [0.4, 0.5) is 0 Å². The van der Waals surface area contributed by atoms with Crippen molar-refractivity contribution in [3.8, 4) is 17.2 Å². The lowest BCUT2D eigenvalue weighted by molar-refractivity contribution is -0.123. The lowest BCUT2D eigenvalue weighted by Crippen LogP contribution is -2.38. The van der Waals surface area contributed by atoms with E-state index in [1.807, 2.05) is 18.2 Å². The Balaban J connectivity index is 1.56. The summed E-state index contributed by atoms with van der Waals surface area (Å²) in [6.07, 6.45) is 2.38. The zero-order valence-electron chi connectivity index (χ0n) is 16.5. The number of nitrogens with zero attached hydrogens (tertiary/aromatic N) is 1. The number of carbonyl (C=O) groups excluding carboxylic acids is 1. The van der Waals surface area contributed by atoms with E-state index < -0.39 is 0 Å². The van der Waals surface area contributed by atoms with E-state index in [9.17, 15) is 4.79 Å². The molecular formula is C22H28N2O4. The first-order chi connectivity index (χ1) is 13.7. The molecule has 1 unspecified atom stereocenters. The van der Waals surface area contributed by atoms with Crippen LogP contribution in [0.1, 0.15) is 24.4 Å². The van der Waals surface area contributed by atoms with E-state index in [0.717, 1.165) is 30.2 Å². The van der Waals surface area contributed by atoms with Gasteiger partial charge in [0.2, 0.25) is 0 Å². The second-order valence-electron chi connectivity index (χ2n) is 6.80. The quantitative estimate of drug-likeness (QED) is 0.720. The number of carbonyl (C=O) groups is 1. The highest BCUT2D eigenvalue weighted by Gasteiger charge is 2.24. The fourth-order valence-electron chi connectivity index (χ4n) is 3.44. The highest BCUT2D eigenvalue weighted by atomic mass is 16.5. The zero-order valence-corrected chi connectivity index (χ0v) is 16.5. The van der Waals surface area contributed by atoms with E-state index in [1.165, 1.54) is 12.8 Å². The van der Waals surface area contributed by atoms with Crippen molar-refractivity contribution in [2.45, 2.75) is 18.9 Å². The maximum Gasteiger partial charge on any atom is 0.258 e. The average molecular weight is 384 g/mol. The molecule has 1 amide bonds. The summed E-state index contributed by atoms with van der Waals surface area (Å²) >= 11 is 0. The summed E-state index contributed by atoms with van der Waals surface area (Å²) in [5.74, 6) is 2.09. The van der Waals surface area contributed by atoms with Crippen molar-refractivity contribution in [2.75, 3.05) is 40.5 Å². The minimum atomic E-state index is -0.136. The van der Waals surface area contributed by atoms with E-state index in [2.05, 4.69) is 16.3 Å². The molecule has 28 heavy (non-hydrogen) atoms. The van der Waals surface area contributed by atoms with Gasteiger partial charge in [0.1, 0.15) is 17.2 Å². The van der Waals surface area contributed by atoms with Crippen LogP contribution in [0.2, 0.25) is 0 Å². The number of methoxy groups -OCH3 is 2. The number of rotatable bonds is 9. The monoisotopic (exact) mass is 384 g/mol. The lowest BCUT2D eigenvalue weighted by Gasteiger charge is -2.28. The third-order valence-corrected chi connectivity index (χ3v) is 4.98. The molecule has 1 heterocycles. The summed E-state index contributed by atoms with van der Waals surface area (Å²) in [6, 6.07) is 15.4. The fourth-order valence-corrected chi connectivity index (χ4v) is 3.44. The normalized spacial score (nSPS) is 15.1. The van der Waals surface area contributed by atoms with Gasteiger partial charge in [-0.3, -0.25) is 9.69 Å². The minimum Gasteiger partial charge on any atom is -0.497 e. The second-order valence-corrected chi connectivity index (χ2v) is 6.80. The first-order valence-corrected chi connectivity index (χ1v) is 9.61. The van der Waals surface area contributed by atoms with Crippen LogP contribution >= 0.6 is 0 Å². The molecule has 0 bridgehead atoms. The number of amides is 1. The van der Waals surface area contributed by atoms with E-state index in [0.29, 0.717) is 12.3 Å². The molecule has 1 fully saturated rings. The Hall–Kier alpha value is -2.73. The molecule has 3 rings (SSSR count). The number of likely N-dealkylation sites (tertiary alicyclic amines) is 1. The van der Waals surface area contributed by atoms with Crippen LogP contribution in [0.3, 0.4) is 0 Å². The molecule has 6 heteroatoms. The van der Waals surface area contributed by atoms with Crippen molar-refractivity contribution in [3.05, 3.63) is 54.1 Å². The predicted molar refractivity (Wildman–Crippen MR) is 108 cm³/mol. The third-order valence-electron chi connectivity index (χ3n) is 4.98. The van der Waals surface area contributed by atoms with Gasteiger partial charge in [-0.15, -0.1) is 0 Å². The molecule has 1 aliphatic heterocycles. The standard InChI is InChI=1S/C22H28N2O4/c1-26-18-8-10-19(11-9-18)28-16-22(25)23-15-21(24-12-3-4-13-24)17-6-5-7-20(14-17)27-2/h5-11,14,21H,3-4,12-13,15-16H2,1-2H3,(H,23,25). The van der Waals surface area contributed by atoms with Gasteiger partial charge in [-0.1, -0.05) is 12.1 Å². The van der Waals surface area contributed by atoms with Gasteiger partial charge in [-0.2, -0.15) is 0 Å². The Morgan fingerprint density at radius 3 is 2.36 bits per heavy atom. The molecule has 1 saturated heterocycles. The van der Waals surface area contributed by atoms with Crippen molar-refractivity contribution < 1.29 is 19.0 Å². The number of hydrogen-bond donors (Lipinski definition) is 1. The molecule has 2 aromatic carbocycles. The summed E-state index contributed by atoms with van der Waals surface area (Å²) in [7, 11) is 3.28. The van der Waals surface area contributed by atoms with Gasteiger partial charge in [0.05, 0.1) is 20.3 Å². The zero-order chi connectivity index (χ0) is 19.8. The summed E-state index contributed by atoms with van der Waals surface area (Å²) in [6.45, 7) is 2.61. The third kappa shape index (κ3) is 5.39. The molecule has 0 saturated carbocycles. The molecule has 0 aromatic heterocycles. The lowest BCUT2D eigenvalue weighted by atomic mass is 10.0. The predicted octanol–water partition coefficient (Wildman–Crippen LogP) is 3.04. The number of ether oxygens (including phenoxy) is 3. The molecule has 150 valence electrons. The summed E-state index contributed by atoms with van der Waals surface area (Å²) in [5, 5.41) is 3.02. The number of nitrogens with one attached hydrogen (secondary N) is 1. The van der Waals surface area contributed by atoms with E-state index >= 15 is 0 Å². The van der Waals surface area contributed by atoms with Gasteiger partial charge in [-0.25, -0.2) is 0 Å². The van der Waals surface area contributed by atoms with Crippen molar-refractivity contribution in [3.63, 3.8) is 0 Å². The van der Waals surface area contributed by atoms with Gasteiger partial charge in [0, 0.05) is 6.54 Å². The van der Waals surface area contributed by atoms with Crippen molar-refractivity contribution >= 4 is 5.91 Å². The van der Waals surface area contributed by atoms with Crippen LogP contribution in [-0.4, -0.2) is 51.3 Å². The highest BCUT2D eigenvalue weighted by Crippen LogP contribution is 2.27. The van der Waals surface area contributed by atoms with Crippen LogP contribution in [-0.2, 0) is 4.79 Å². The summed E-state index contributed by atoms with van der Waals surface area (Å²) < 4.78 is 16.0. The molecule has 0 radical (unpaired) electrons. The van der Waals surface area contributed by atoms with Crippen molar-refractivity contribution in [2.24, 2.45) is 0 Å². The van der Waals surface area contributed by atoms with E-state index in [1.54, 1.807) is 38.5 Å². The summed E-state index contributed by atoms with van der Waals surface area (Å²) in [4.78, 5) is 14.7.